The molecule has 0 spiro atoms. The van der Waals surface area contributed by atoms with Crippen LogP contribution in [0.4, 0.5) is 0 Å². The van der Waals surface area contributed by atoms with Crippen molar-refractivity contribution in [2.45, 2.75) is 276 Å². The predicted molar refractivity (Wildman–Crippen MR) is 237 cm³/mol. The molecule has 0 saturated carbocycles. The summed E-state index contributed by atoms with van der Waals surface area (Å²) in [5.41, 5.74) is 0. The van der Waals surface area contributed by atoms with Crippen molar-refractivity contribution in [1.82, 2.24) is 5.32 Å². The third kappa shape index (κ3) is 38.1. The van der Waals surface area contributed by atoms with Gasteiger partial charge in [-0.2, -0.15) is 0 Å². The van der Waals surface area contributed by atoms with E-state index in [1.54, 1.807) is 0 Å². The summed E-state index contributed by atoms with van der Waals surface area (Å²) in [6.45, 7) is 4.05. The second-order valence-corrected chi connectivity index (χ2v) is 16.8. The van der Waals surface area contributed by atoms with Crippen LogP contribution >= 0.6 is 0 Å². The number of carbonyl (C=O) groups excluding carboxylic acids is 1. The zero-order valence-electron chi connectivity index (χ0n) is 36.7. The van der Waals surface area contributed by atoms with Gasteiger partial charge < -0.3 is 25.7 Å². The standard InChI is InChI=1S/C49H95NO5/c1-3-5-7-9-11-13-15-17-19-21-22-23-24-25-27-29-31-33-35-37-39-41-43-47(53)49(55)50-45(44-51)48(54)46(52)42-40-38-36-34-32-30-28-26-20-18-16-14-12-10-8-6-4-2/h26,28,34,36,45-48,51-54H,3-25,27,29-33,35,37-44H2,1-2H3,(H,50,55)/b28-26+,36-34+. The number of carbonyl (C=O) groups is 1. The fourth-order valence-corrected chi connectivity index (χ4v) is 7.54. The number of nitrogens with one attached hydrogen (secondary N) is 1. The number of aliphatic hydroxyl groups excluding tert-OH is 4. The van der Waals surface area contributed by atoms with E-state index in [0.717, 1.165) is 38.5 Å². The topological polar surface area (TPSA) is 110 Å². The monoisotopic (exact) mass is 778 g/mol. The van der Waals surface area contributed by atoms with E-state index < -0.39 is 36.9 Å². The van der Waals surface area contributed by atoms with Gasteiger partial charge in [-0.25, -0.2) is 0 Å². The first-order valence-corrected chi connectivity index (χ1v) is 24.2. The number of hydrogen-bond donors (Lipinski definition) is 5. The molecule has 0 aliphatic heterocycles. The quantitative estimate of drug-likeness (QED) is 0.0313. The highest BCUT2D eigenvalue weighted by Gasteiger charge is 2.28. The summed E-state index contributed by atoms with van der Waals surface area (Å²) in [5, 5.41) is 43.7. The molecule has 0 rings (SSSR count). The van der Waals surface area contributed by atoms with E-state index in [2.05, 4.69) is 43.5 Å². The SMILES string of the molecule is CCCCCCCCCC/C=C/CC/C=C/CCCC(O)C(O)C(CO)NC(=O)C(O)CCCCCCCCCCCCCCCCCCCCCCCC. The highest BCUT2D eigenvalue weighted by Crippen LogP contribution is 2.17. The van der Waals surface area contributed by atoms with E-state index in [9.17, 15) is 25.2 Å². The lowest BCUT2D eigenvalue weighted by Gasteiger charge is -2.27. The molecule has 0 aromatic heterocycles. The van der Waals surface area contributed by atoms with Gasteiger partial charge in [0.25, 0.3) is 0 Å². The van der Waals surface area contributed by atoms with Crippen molar-refractivity contribution in [2.75, 3.05) is 6.61 Å². The third-order valence-corrected chi connectivity index (χ3v) is 11.4. The zero-order chi connectivity index (χ0) is 40.3. The first-order valence-electron chi connectivity index (χ1n) is 24.2. The summed E-state index contributed by atoms with van der Waals surface area (Å²) in [4.78, 5) is 12.5. The molecule has 0 aromatic carbocycles. The summed E-state index contributed by atoms with van der Waals surface area (Å²) in [6.07, 6.45) is 50.8. The molecule has 0 bridgehead atoms. The molecule has 0 aromatic rings. The van der Waals surface area contributed by atoms with Gasteiger partial charge in [-0.1, -0.05) is 224 Å². The molecular formula is C49H95NO5. The van der Waals surface area contributed by atoms with Crippen molar-refractivity contribution in [3.8, 4) is 0 Å². The summed E-state index contributed by atoms with van der Waals surface area (Å²) in [7, 11) is 0. The molecule has 0 radical (unpaired) electrons. The van der Waals surface area contributed by atoms with Crippen molar-refractivity contribution >= 4 is 5.91 Å². The molecule has 5 N–H and O–H groups in total. The predicted octanol–water partition coefficient (Wildman–Crippen LogP) is 13.1. The number of allylic oxidation sites excluding steroid dienone is 4. The minimum Gasteiger partial charge on any atom is -0.394 e. The third-order valence-electron chi connectivity index (χ3n) is 11.4. The summed E-state index contributed by atoms with van der Waals surface area (Å²) in [5.74, 6) is -0.594. The van der Waals surface area contributed by atoms with E-state index in [4.69, 9.17) is 0 Å². The van der Waals surface area contributed by atoms with Gasteiger partial charge in [-0.3, -0.25) is 4.79 Å². The molecule has 4 unspecified atom stereocenters. The van der Waals surface area contributed by atoms with Crippen LogP contribution in [0.2, 0.25) is 0 Å². The fraction of sp³-hybridized carbons (Fsp3) is 0.898. The van der Waals surface area contributed by atoms with E-state index >= 15 is 0 Å². The lowest BCUT2D eigenvalue weighted by Crippen LogP contribution is -2.53. The van der Waals surface area contributed by atoms with Gasteiger partial charge in [0, 0.05) is 0 Å². The second kappa shape index (κ2) is 43.9. The van der Waals surface area contributed by atoms with E-state index in [0.29, 0.717) is 19.3 Å². The molecule has 0 heterocycles. The summed E-state index contributed by atoms with van der Waals surface area (Å²) < 4.78 is 0. The number of hydrogen-bond acceptors (Lipinski definition) is 5. The Labute approximate surface area is 342 Å². The number of unbranched alkanes of at least 4 members (excludes halogenated alkanes) is 31. The lowest BCUT2D eigenvalue weighted by molar-refractivity contribution is -0.132. The average Bonchev–Trinajstić information content (AvgIpc) is 3.19. The Hall–Kier alpha value is -1.21. The van der Waals surface area contributed by atoms with Crippen molar-refractivity contribution < 1.29 is 25.2 Å². The Morgan fingerprint density at radius 2 is 0.764 bits per heavy atom. The Morgan fingerprint density at radius 3 is 1.15 bits per heavy atom. The van der Waals surface area contributed by atoms with Gasteiger partial charge in [0.2, 0.25) is 5.91 Å². The number of aliphatic hydroxyl groups is 4. The highest BCUT2D eigenvalue weighted by molar-refractivity contribution is 5.80. The molecule has 326 valence electrons. The van der Waals surface area contributed by atoms with E-state index in [-0.39, 0.29) is 0 Å². The first kappa shape index (κ1) is 53.8. The minimum atomic E-state index is -1.29. The van der Waals surface area contributed by atoms with Crippen molar-refractivity contribution in [2.24, 2.45) is 0 Å². The van der Waals surface area contributed by atoms with Crippen LogP contribution in [0.3, 0.4) is 0 Å². The highest BCUT2D eigenvalue weighted by atomic mass is 16.3. The fourth-order valence-electron chi connectivity index (χ4n) is 7.54. The van der Waals surface area contributed by atoms with Gasteiger partial charge in [-0.05, 0) is 51.4 Å². The number of rotatable bonds is 44. The van der Waals surface area contributed by atoms with Crippen LogP contribution in [0, 0.1) is 0 Å². The van der Waals surface area contributed by atoms with Crippen LogP contribution in [0.25, 0.3) is 0 Å². The smallest absolute Gasteiger partial charge is 0.249 e. The average molecular weight is 778 g/mol. The first-order chi connectivity index (χ1) is 27.0. The van der Waals surface area contributed by atoms with Gasteiger partial charge in [-0.15, -0.1) is 0 Å². The Morgan fingerprint density at radius 1 is 0.436 bits per heavy atom. The molecule has 6 heteroatoms. The van der Waals surface area contributed by atoms with Crippen LogP contribution < -0.4 is 5.32 Å². The maximum Gasteiger partial charge on any atom is 0.249 e. The Balaban J connectivity index is 3.72. The number of amides is 1. The molecule has 0 fully saturated rings. The van der Waals surface area contributed by atoms with E-state index in [1.165, 1.54) is 180 Å². The van der Waals surface area contributed by atoms with Crippen LogP contribution in [0.1, 0.15) is 251 Å². The maximum absolute atomic E-state index is 12.5. The molecule has 0 saturated heterocycles. The van der Waals surface area contributed by atoms with E-state index in [1.807, 2.05) is 0 Å². The van der Waals surface area contributed by atoms with Gasteiger partial charge in [0.1, 0.15) is 12.2 Å². The van der Waals surface area contributed by atoms with Crippen LogP contribution in [-0.4, -0.2) is 57.3 Å². The summed E-state index contributed by atoms with van der Waals surface area (Å²) in [6, 6.07) is -1.00. The van der Waals surface area contributed by atoms with Crippen LogP contribution in [0.15, 0.2) is 24.3 Å². The van der Waals surface area contributed by atoms with Crippen molar-refractivity contribution in [3.05, 3.63) is 24.3 Å². The van der Waals surface area contributed by atoms with Gasteiger partial charge in [0.15, 0.2) is 0 Å². The second-order valence-electron chi connectivity index (χ2n) is 16.8. The van der Waals surface area contributed by atoms with Gasteiger partial charge >= 0.3 is 0 Å². The zero-order valence-corrected chi connectivity index (χ0v) is 36.7. The van der Waals surface area contributed by atoms with Gasteiger partial charge in [0.05, 0.1) is 18.8 Å². The van der Waals surface area contributed by atoms with Crippen molar-refractivity contribution in [1.29, 1.82) is 0 Å². The normalized spacial score (nSPS) is 14.2. The Bertz CT molecular complexity index is 832. The molecule has 0 aliphatic rings. The minimum absolute atomic E-state index is 0.364. The molecule has 55 heavy (non-hydrogen) atoms. The largest absolute Gasteiger partial charge is 0.394 e. The maximum atomic E-state index is 12.5. The van der Waals surface area contributed by atoms with Crippen LogP contribution in [0.5, 0.6) is 0 Å². The lowest BCUT2D eigenvalue weighted by atomic mass is 10.00. The molecule has 1 amide bonds. The van der Waals surface area contributed by atoms with Crippen molar-refractivity contribution in [3.63, 3.8) is 0 Å². The molecular weight excluding hydrogens is 683 g/mol. The Kier molecular flexibility index (Phi) is 42.9. The van der Waals surface area contributed by atoms with Crippen LogP contribution in [-0.2, 0) is 4.79 Å². The molecule has 0 aliphatic carbocycles. The summed E-state index contributed by atoms with van der Waals surface area (Å²) >= 11 is 0. The molecule has 4 atom stereocenters. The molecule has 6 nitrogen and oxygen atoms in total.